The van der Waals surface area contributed by atoms with Crippen molar-refractivity contribution in [1.82, 2.24) is 10.2 Å². The molecule has 1 heterocycles. The topological polar surface area (TPSA) is 67.9 Å². The number of imide groups is 1. The highest BCUT2D eigenvalue weighted by atomic mass is 35.5. The lowest BCUT2D eigenvalue weighted by molar-refractivity contribution is -0.131. The number of rotatable bonds is 7. The molecule has 0 unspecified atom stereocenters. The van der Waals surface area contributed by atoms with Gasteiger partial charge in [-0.15, -0.1) is 0 Å². The zero-order valence-corrected chi connectivity index (χ0v) is 17.0. The Morgan fingerprint density at radius 2 is 1.68 bits per heavy atom. The van der Waals surface area contributed by atoms with Crippen LogP contribution in [0, 0.1) is 0 Å². The molecule has 1 saturated heterocycles. The van der Waals surface area contributed by atoms with E-state index < -0.39 is 17.5 Å². The standard InChI is InChI=1S/C20H20Cl2N2O4/c1-3-27-14-5-7-15(8-6-14)28-11-10-24-18(25)20(2,23-19(24)26)16-9-4-13(21)12-17(16)22/h4-9,12H,3,10-11H2,1-2H3,(H,23,26)/t20-/m1/s1. The Morgan fingerprint density at radius 1 is 1.04 bits per heavy atom. The smallest absolute Gasteiger partial charge is 0.325 e. The predicted molar refractivity (Wildman–Crippen MR) is 107 cm³/mol. The Hall–Kier alpha value is -2.44. The molecule has 0 aliphatic carbocycles. The second kappa shape index (κ2) is 8.29. The third-order valence-electron chi connectivity index (χ3n) is 4.46. The first-order chi connectivity index (χ1) is 13.3. The van der Waals surface area contributed by atoms with Gasteiger partial charge in [0.15, 0.2) is 0 Å². The Bertz CT molecular complexity index is 888. The van der Waals surface area contributed by atoms with Crippen molar-refractivity contribution in [2.45, 2.75) is 19.4 Å². The van der Waals surface area contributed by atoms with Crippen molar-refractivity contribution in [3.63, 3.8) is 0 Å². The third-order valence-corrected chi connectivity index (χ3v) is 5.01. The molecule has 1 aliphatic heterocycles. The van der Waals surface area contributed by atoms with Gasteiger partial charge in [0, 0.05) is 15.6 Å². The zero-order valence-electron chi connectivity index (χ0n) is 15.5. The van der Waals surface area contributed by atoms with Crippen LogP contribution in [0.1, 0.15) is 19.4 Å². The molecule has 2 aromatic carbocycles. The highest BCUT2D eigenvalue weighted by Gasteiger charge is 2.49. The summed E-state index contributed by atoms with van der Waals surface area (Å²) in [4.78, 5) is 26.4. The number of carbonyl (C=O) groups excluding carboxylic acids is 2. The lowest BCUT2D eigenvalue weighted by Gasteiger charge is -2.23. The lowest BCUT2D eigenvalue weighted by atomic mass is 9.92. The minimum absolute atomic E-state index is 0.110. The molecule has 6 nitrogen and oxygen atoms in total. The Balaban J connectivity index is 1.65. The monoisotopic (exact) mass is 422 g/mol. The second-order valence-electron chi connectivity index (χ2n) is 6.39. The van der Waals surface area contributed by atoms with Crippen molar-refractivity contribution in [2.75, 3.05) is 19.8 Å². The summed E-state index contributed by atoms with van der Waals surface area (Å²) in [5.41, 5.74) is -0.760. The fourth-order valence-corrected chi connectivity index (χ4v) is 3.63. The van der Waals surface area contributed by atoms with Gasteiger partial charge in [0.05, 0.1) is 13.2 Å². The normalized spacial score (nSPS) is 18.9. The van der Waals surface area contributed by atoms with Crippen molar-refractivity contribution in [3.8, 4) is 11.5 Å². The number of benzene rings is 2. The number of nitrogens with one attached hydrogen (secondary N) is 1. The quantitative estimate of drug-likeness (QED) is 0.677. The first-order valence-corrected chi connectivity index (χ1v) is 9.56. The Labute approximate surface area is 173 Å². The minimum Gasteiger partial charge on any atom is -0.494 e. The molecule has 148 valence electrons. The number of nitrogens with zero attached hydrogens (tertiary/aromatic N) is 1. The predicted octanol–water partition coefficient (Wildman–Crippen LogP) is 4.24. The molecule has 1 N–H and O–H groups in total. The van der Waals surface area contributed by atoms with Gasteiger partial charge in [0.25, 0.3) is 5.91 Å². The van der Waals surface area contributed by atoms with Gasteiger partial charge in [0.1, 0.15) is 23.6 Å². The van der Waals surface area contributed by atoms with Gasteiger partial charge in [-0.2, -0.15) is 0 Å². The third kappa shape index (κ3) is 4.03. The number of halogens is 2. The highest BCUT2D eigenvalue weighted by Crippen LogP contribution is 2.34. The zero-order chi connectivity index (χ0) is 20.3. The summed E-state index contributed by atoms with van der Waals surface area (Å²) in [7, 11) is 0. The number of carbonyl (C=O) groups is 2. The summed E-state index contributed by atoms with van der Waals surface area (Å²) in [6.45, 7) is 4.39. The van der Waals surface area contributed by atoms with Gasteiger partial charge in [0.2, 0.25) is 0 Å². The number of urea groups is 1. The van der Waals surface area contributed by atoms with Gasteiger partial charge < -0.3 is 14.8 Å². The van der Waals surface area contributed by atoms with Crippen LogP contribution in [-0.4, -0.2) is 36.6 Å². The van der Waals surface area contributed by atoms with E-state index in [0.29, 0.717) is 28.0 Å². The summed E-state index contributed by atoms with van der Waals surface area (Å²) < 4.78 is 11.0. The summed E-state index contributed by atoms with van der Waals surface area (Å²) >= 11 is 12.2. The molecule has 2 aromatic rings. The molecule has 0 radical (unpaired) electrons. The molecule has 8 heteroatoms. The fourth-order valence-electron chi connectivity index (χ4n) is 3.03. The molecule has 1 atom stereocenters. The molecule has 28 heavy (non-hydrogen) atoms. The van der Waals surface area contributed by atoms with Crippen LogP contribution in [0.25, 0.3) is 0 Å². The van der Waals surface area contributed by atoms with Crippen LogP contribution in [0.2, 0.25) is 10.0 Å². The van der Waals surface area contributed by atoms with Crippen molar-refractivity contribution < 1.29 is 19.1 Å². The molecule has 0 aromatic heterocycles. The van der Waals surface area contributed by atoms with Gasteiger partial charge in [-0.25, -0.2) is 4.79 Å². The van der Waals surface area contributed by atoms with Crippen molar-refractivity contribution in [3.05, 3.63) is 58.1 Å². The molecule has 0 saturated carbocycles. The molecule has 0 bridgehead atoms. The molecule has 0 spiro atoms. The van der Waals surface area contributed by atoms with E-state index in [1.165, 1.54) is 0 Å². The number of hydrogen-bond donors (Lipinski definition) is 1. The maximum Gasteiger partial charge on any atom is 0.325 e. The van der Waals surface area contributed by atoms with E-state index in [0.717, 1.165) is 10.6 Å². The van der Waals surface area contributed by atoms with E-state index in [1.54, 1.807) is 49.4 Å². The molecular formula is C20H20Cl2N2O4. The van der Waals surface area contributed by atoms with Crippen LogP contribution in [0.5, 0.6) is 11.5 Å². The number of ether oxygens (including phenoxy) is 2. The van der Waals surface area contributed by atoms with Gasteiger partial charge >= 0.3 is 6.03 Å². The van der Waals surface area contributed by atoms with Crippen LogP contribution in [0.4, 0.5) is 4.79 Å². The van der Waals surface area contributed by atoms with Gasteiger partial charge in [-0.3, -0.25) is 9.69 Å². The van der Waals surface area contributed by atoms with Gasteiger partial charge in [-0.05, 0) is 50.2 Å². The SMILES string of the molecule is CCOc1ccc(OCCN2C(=O)N[C@](C)(c3ccc(Cl)cc3Cl)C2=O)cc1. The summed E-state index contributed by atoms with van der Waals surface area (Å²) in [6.07, 6.45) is 0. The van der Waals surface area contributed by atoms with Gasteiger partial charge in [-0.1, -0.05) is 29.3 Å². The maximum absolute atomic E-state index is 12.9. The van der Waals surface area contributed by atoms with Crippen LogP contribution >= 0.6 is 23.2 Å². The average Bonchev–Trinajstić information content (AvgIpc) is 2.87. The highest BCUT2D eigenvalue weighted by molar-refractivity contribution is 6.35. The van der Waals surface area contributed by atoms with E-state index >= 15 is 0 Å². The Kier molecular flexibility index (Phi) is 6.01. The van der Waals surface area contributed by atoms with Crippen LogP contribution in [0.3, 0.4) is 0 Å². The second-order valence-corrected chi connectivity index (χ2v) is 7.23. The van der Waals surface area contributed by atoms with E-state index in [9.17, 15) is 9.59 Å². The van der Waals surface area contributed by atoms with Crippen molar-refractivity contribution in [2.24, 2.45) is 0 Å². The molecule has 1 fully saturated rings. The lowest BCUT2D eigenvalue weighted by Crippen LogP contribution is -2.41. The first-order valence-electron chi connectivity index (χ1n) is 8.80. The largest absolute Gasteiger partial charge is 0.494 e. The van der Waals surface area contributed by atoms with E-state index in [4.69, 9.17) is 32.7 Å². The van der Waals surface area contributed by atoms with E-state index in [-0.39, 0.29) is 13.2 Å². The van der Waals surface area contributed by atoms with Crippen LogP contribution in [-0.2, 0) is 10.3 Å². The first kappa shape index (κ1) is 20.3. The molecule has 3 amide bonds. The molecule has 1 aliphatic rings. The average molecular weight is 423 g/mol. The number of hydrogen-bond acceptors (Lipinski definition) is 4. The number of amides is 3. The minimum atomic E-state index is -1.25. The summed E-state index contributed by atoms with van der Waals surface area (Å²) in [6, 6.07) is 11.5. The van der Waals surface area contributed by atoms with Crippen LogP contribution < -0.4 is 14.8 Å². The maximum atomic E-state index is 12.9. The van der Waals surface area contributed by atoms with E-state index in [2.05, 4.69) is 5.32 Å². The Morgan fingerprint density at radius 3 is 2.29 bits per heavy atom. The fraction of sp³-hybridized carbons (Fsp3) is 0.300. The van der Waals surface area contributed by atoms with Crippen molar-refractivity contribution in [1.29, 1.82) is 0 Å². The van der Waals surface area contributed by atoms with Crippen molar-refractivity contribution >= 4 is 35.1 Å². The summed E-state index contributed by atoms with van der Waals surface area (Å²) in [5.74, 6) is 0.982. The summed E-state index contributed by atoms with van der Waals surface area (Å²) in [5, 5.41) is 3.48. The molecular weight excluding hydrogens is 403 g/mol. The molecule has 3 rings (SSSR count). The van der Waals surface area contributed by atoms with E-state index in [1.807, 2.05) is 6.92 Å². The van der Waals surface area contributed by atoms with Crippen LogP contribution in [0.15, 0.2) is 42.5 Å².